The average molecular weight is 244 g/mol. The molecule has 0 saturated heterocycles. The van der Waals surface area contributed by atoms with Crippen LogP contribution in [0.1, 0.15) is 23.2 Å². The Kier molecular flexibility index (Phi) is 3.41. The summed E-state index contributed by atoms with van der Waals surface area (Å²) in [6.07, 6.45) is -8.00. The number of alkyl halides is 5. The fourth-order valence-corrected chi connectivity index (χ4v) is 1.14. The monoisotopic (exact) mass is 244 g/mol. The van der Waals surface area contributed by atoms with E-state index in [2.05, 4.69) is 4.98 Å². The molecule has 0 atom stereocenters. The molecule has 90 valence electrons. The molecule has 0 unspecified atom stereocenters. The van der Waals surface area contributed by atoms with Crippen molar-refractivity contribution in [2.45, 2.75) is 19.1 Å². The fourth-order valence-electron chi connectivity index (χ4n) is 1.14. The zero-order valence-electron chi connectivity index (χ0n) is 7.65. The lowest BCUT2D eigenvalue weighted by Crippen LogP contribution is -2.16. The lowest BCUT2D eigenvalue weighted by Gasteiger charge is -2.13. The quantitative estimate of drug-likeness (QED) is 0.812. The Morgan fingerprint density at radius 2 is 1.88 bits per heavy atom. The van der Waals surface area contributed by atoms with Gasteiger partial charge in [-0.25, -0.2) is 13.2 Å². The van der Waals surface area contributed by atoms with Gasteiger partial charge >= 0.3 is 6.18 Å². The first kappa shape index (κ1) is 12.8. The van der Waals surface area contributed by atoms with E-state index in [4.69, 9.17) is 5.73 Å². The molecule has 0 amide bonds. The summed E-state index contributed by atoms with van der Waals surface area (Å²) >= 11 is 0. The minimum absolute atomic E-state index is 0.159. The second kappa shape index (κ2) is 4.28. The number of pyridine rings is 1. The van der Waals surface area contributed by atoms with E-state index in [0.29, 0.717) is 0 Å². The predicted molar refractivity (Wildman–Crippen MR) is 42.0 cm³/mol. The molecule has 1 rings (SSSR count). The maximum atomic E-state index is 13.2. The van der Waals surface area contributed by atoms with E-state index < -0.39 is 41.8 Å². The van der Waals surface area contributed by atoms with E-state index in [-0.39, 0.29) is 6.20 Å². The van der Waals surface area contributed by atoms with Crippen molar-refractivity contribution >= 4 is 0 Å². The molecule has 1 aromatic heterocycles. The molecule has 0 aromatic carbocycles. The third kappa shape index (κ3) is 2.26. The van der Waals surface area contributed by atoms with Gasteiger partial charge in [-0.3, -0.25) is 4.98 Å². The summed E-state index contributed by atoms with van der Waals surface area (Å²) in [5, 5.41) is 0. The Bertz CT molecular complexity index is 387. The Labute approximate surface area is 86.1 Å². The summed E-state index contributed by atoms with van der Waals surface area (Å²) in [4.78, 5) is 2.75. The number of hydrogen-bond donors (Lipinski definition) is 1. The summed E-state index contributed by atoms with van der Waals surface area (Å²) < 4.78 is 74.4. The van der Waals surface area contributed by atoms with Crippen LogP contribution in [0.2, 0.25) is 0 Å². The summed E-state index contributed by atoms with van der Waals surface area (Å²) in [7, 11) is 0. The van der Waals surface area contributed by atoms with Crippen molar-refractivity contribution in [3.63, 3.8) is 0 Å². The molecular formula is C8H6F6N2. The van der Waals surface area contributed by atoms with Crippen LogP contribution in [0.4, 0.5) is 26.3 Å². The van der Waals surface area contributed by atoms with Crippen molar-refractivity contribution in [1.82, 2.24) is 4.98 Å². The largest absolute Gasteiger partial charge is 0.418 e. The summed E-state index contributed by atoms with van der Waals surface area (Å²) in [5.74, 6) is -1.70. The first-order valence-corrected chi connectivity index (χ1v) is 4.01. The number of rotatable bonds is 2. The molecule has 1 heterocycles. The van der Waals surface area contributed by atoms with Gasteiger partial charge in [0.15, 0.2) is 5.82 Å². The molecule has 0 aliphatic heterocycles. The van der Waals surface area contributed by atoms with Crippen LogP contribution in [0.3, 0.4) is 0 Å². The second-order valence-electron chi connectivity index (χ2n) is 2.85. The molecule has 0 bridgehead atoms. The van der Waals surface area contributed by atoms with Crippen molar-refractivity contribution in [1.29, 1.82) is 0 Å². The maximum absolute atomic E-state index is 13.2. The van der Waals surface area contributed by atoms with Gasteiger partial charge in [-0.2, -0.15) is 13.2 Å². The van der Waals surface area contributed by atoms with Crippen molar-refractivity contribution in [3.8, 4) is 0 Å². The normalized spacial score (nSPS) is 12.2. The topological polar surface area (TPSA) is 38.9 Å². The minimum atomic E-state index is -4.87. The van der Waals surface area contributed by atoms with Gasteiger partial charge in [0.1, 0.15) is 5.69 Å². The molecule has 2 nitrogen and oxygen atoms in total. The predicted octanol–water partition coefficient (Wildman–Crippen LogP) is 2.64. The summed E-state index contributed by atoms with van der Waals surface area (Å²) in [6, 6.07) is 0. The molecule has 0 aliphatic rings. The van der Waals surface area contributed by atoms with Crippen LogP contribution in [-0.4, -0.2) is 4.98 Å². The Balaban J connectivity index is 3.41. The standard InChI is InChI=1S/C8H6F6N2/c9-5-3(1-15)4(8(12,13)14)2-16-6(5)7(10)11/h2,7H,1,15H2. The molecule has 2 N–H and O–H groups in total. The van der Waals surface area contributed by atoms with Gasteiger partial charge in [0.25, 0.3) is 6.43 Å². The highest BCUT2D eigenvalue weighted by Crippen LogP contribution is 2.34. The van der Waals surface area contributed by atoms with E-state index in [0.717, 1.165) is 0 Å². The molecule has 0 radical (unpaired) electrons. The van der Waals surface area contributed by atoms with Crippen molar-refractivity contribution in [2.75, 3.05) is 0 Å². The van der Waals surface area contributed by atoms with Crippen LogP contribution < -0.4 is 5.73 Å². The fraction of sp³-hybridized carbons (Fsp3) is 0.375. The van der Waals surface area contributed by atoms with Gasteiger partial charge in [0.2, 0.25) is 0 Å². The van der Waals surface area contributed by atoms with Gasteiger partial charge in [-0.1, -0.05) is 0 Å². The van der Waals surface area contributed by atoms with Gasteiger partial charge in [0, 0.05) is 18.3 Å². The Morgan fingerprint density at radius 1 is 1.31 bits per heavy atom. The summed E-state index contributed by atoms with van der Waals surface area (Å²) in [6.45, 7) is -0.830. The average Bonchev–Trinajstić information content (AvgIpc) is 2.15. The van der Waals surface area contributed by atoms with Crippen LogP contribution in [-0.2, 0) is 12.7 Å². The Hall–Kier alpha value is -1.31. The number of nitrogens with zero attached hydrogens (tertiary/aromatic N) is 1. The molecule has 0 fully saturated rings. The number of halogens is 6. The first-order chi connectivity index (χ1) is 7.29. The van der Waals surface area contributed by atoms with Crippen LogP contribution in [0, 0.1) is 5.82 Å². The van der Waals surface area contributed by atoms with E-state index in [1.807, 2.05) is 0 Å². The lowest BCUT2D eigenvalue weighted by molar-refractivity contribution is -0.138. The van der Waals surface area contributed by atoms with Crippen molar-refractivity contribution in [2.24, 2.45) is 5.73 Å². The smallest absolute Gasteiger partial charge is 0.326 e. The van der Waals surface area contributed by atoms with Gasteiger partial charge in [-0.15, -0.1) is 0 Å². The molecule has 8 heteroatoms. The number of aromatic nitrogens is 1. The molecule has 1 aromatic rings. The van der Waals surface area contributed by atoms with Crippen molar-refractivity contribution < 1.29 is 26.3 Å². The van der Waals surface area contributed by atoms with Crippen LogP contribution in [0.5, 0.6) is 0 Å². The Morgan fingerprint density at radius 3 is 2.25 bits per heavy atom. The van der Waals surface area contributed by atoms with E-state index in [1.54, 1.807) is 0 Å². The van der Waals surface area contributed by atoms with E-state index in [9.17, 15) is 26.3 Å². The van der Waals surface area contributed by atoms with E-state index >= 15 is 0 Å². The summed E-state index contributed by atoms with van der Waals surface area (Å²) in [5.41, 5.74) is 1.14. The lowest BCUT2D eigenvalue weighted by atomic mass is 10.1. The molecule has 0 spiro atoms. The van der Waals surface area contributed by atoms with Gasteiger partial charge < -0.3 is 5.73 Å². The maximum Gasteiger partial charge on any atom is 0.418 e. The molecule has 16 heavy (non-hydrogen) atoms. The third-order valence-electron chi connectivity index (χ3n) is 1.86. The molecule has 0 aliphatic carbocycles. The van der Waals surface area contributed by atoms with Crippen molar-refractivity contribution in [3.05, 3.63) is 28.8 Å². The SMILES string of the molecule is NCc1c(C(F)(F)F)cnc(C(F)F)c1F. The number of hydrogen-bond acceptors (Lipinski definition) is 2. The first-order valence-electron chi connectivity index (χ1n) is 4.01. The van der Waals surface area contributed by atoms with Crippen LogP contribution in [0.25, 0.3) is 0 Å². The minimum Gasteiger partial charge on any atom is -0.326 e. The second-order valence-corrected chi connectivity index (χ2v) is 2.85. The van der Waals surface area contributed by atoms with Gasteiger partial charge in [-0.05, 0) is 0 Å². The van der Waals surface area contributed by atoms with Gasteiger partial charge in [0.05, 0.1) is 5.56 Å². The third-order valence-corrected chi connectivity index (χ3v) is 1.86. The van der Waals surface area contributed by atoms with Crippen LogP contribution >= 0.6 is 0 Å². The zero-order chi connectivity index (χ0) is 12.5. The molecule has 0 saturated carbocycles. The zero-order valence-corrected chi connectivity index (χ0v) is 7.65. The number of nitrogens with two attached hydrogens (primary N) is 1. The highest BCUT2D eigenvalue weighted by Gasteiger charge is 2.36. The molecular weight excluding hydrogens is 238 g/mol. The highest BCUT2D eigenvalue weighted by atomic mass is 19.4. The van der Waals surface area contributed by atoms with Crippen LogP contribution in [0.15, 0.2) is 6.20 Å². The van der Waals surface area contributed by atoms with E-state index in [1.165, 1.54) is 0 Å². The highest BCUT2D eigenvalue weighted by molar-refractivity contribution is 5.31.